The van der Waals surface area contributed by atoms with Gasteiger partial charge in [0, 0.05) is 17.4 Å². The molecule has 0 atom stereocenters. The van der Waals surface area contributed by atoms with E-state index in [0.29, 0.717) is 16.9 Å². The van der Waals surface area contributed by atoms with E-state index in [1.54, 1.807) is 46.2 Å². The second kappa shape index (κ2) is 8.20. The smallest absolute Gasteiger partial charge is 0.340 e. The monoisotopic (exact) mass is 443 g/mol. The molecule has 0 unspecified atom stereocenters. The van der Waals surface area contributed by atoms with Crippen LogP contribution in [0, 0.1) is 6.92 Å². The second-order valence-corrected chi connectivity index (χ2v) is 8.24. The molecule has 0 aliphatic heterocycles. The molecule has 3 heterocycles. The summed E-state index contributed by atoms with van der Waals surface area (Å²) in [5.41, 5.74) is 4.67. The van der Waals surface area contributed by atoms with Crippen molar-refractivity contribution >= 4 is 44.8 Å². The zero-order valence-electron chi connectivity index (χ0n) is 17.0. The quantitative estimate of drug-likeness (QED) is 0.411. The van der Waals surface area contributed by atoms with Gasteiger partial charge in [-0.2, -0.15) is 0 Å². The van der Waals surface area contributed by atoms with E-state index in [2.05, 4.69) is 33.5 Å². The average Bonchev–Trinajstić information content (AvgIpc) is 3.44. The van der Waals surface area contributed by atoms with Crippen LogP contribution in [0.4, 0.5) is 5.69 Å². The van der Waals surface area contributed by atoms with Crippen LogP contribution in [0.25, 0.3) is 26.4 Å². The van der Waals surface area contributed by atoms with Crippen molar-refractivity contribution in [3.8, 4) is 10.6 Å². The average molecular weight is 443 g/mol. The van der Waals surface area contributed by atoms with Crippen molar-refractivity contribution in [3.63, 3.8) is 0 Å². The molecule has 2 aromatic carbocycles. The van der Waals surface area contributed by atoms with Gasteiger partial charge in [-0.15, -0.1) is 21.5 Å². The number of benzene rings is 2. The van der Waals surface area contributed by atoms with Gasteiger partial charge in [0.25, 0.3) is 5.91 Å². The zero-order chi connectivity index (χ0) is 22.1. The molecule has 158 valence electrons. The predicted molar refractivity (Wildman–Crippen MR) is 122 cm³/mol. The lowest BCUT2D eigenvalue weighted by Crippen LogP contribution is -2.21. The van der Waals surface area contributed by atoms with Gasteiger partial charge in [0.2, 0.25) is 0 Å². The summed E-state index contributed by atoms with van der Waals surface area (Å²) in [7, 11) is 0. The van der Waals surface area contributed by atoms with E-state index in [1.807, 2.05) is 24.3 Å². The van der Waals surface area contributed by atoms with E-state index in [0.717, 1.165) is 20.8 Å². The van der Waals surface area contributed by atoms with Crippen LogP contribution in [0.2, 0.25) is 0 Å². The third kappa shape index (κ3) is 4.06. The maximum absolute atomic E-state index is 12.2. The number of thiazole rings is 1. The van der Waals surface area contributed by atoms with E-state index >= 15 is 0 Å². The van der Waals surface area contributed by atoms with E-state index in [-0.39, 0.29) is 0 Å². The molecule has 0 aliphatic carbocycles. The molecule has 3 aromatic heterocycles. The number of nitrogens with one attached hydrogen (secondary N) is 1. The summed E-state index contributed by atoms with van der Waals surface area (Å²) >= 11 is 1.63. The number of carbonyl (C=O) groups excluding carboxylic acids is 2. The van der Waals surface area contributed by atoms with Crippen LogP contribution in [0.1, 0.15) is 15.9 Å². The first-order valence-electron chi connectivity index (χ1n) is 9.79. The standard InChI is InChI=1S/C23H17N5O3S/c1-14-2-8-18-19(10-14)32-22(26-18)15-3-6-17(7-4-15)25-21(29)12-31-23(30)16-5-9-20-27-24-13-28(20)11-16/h2-11,13H,12H2,1H3,(H,25,29). The number of pyridine rings is 1. The van der Waals surface area contributed by atoms with Crippen LogP contribution in [-0.2, 0) is 9.53 Å². The number of aryl methyl sites for hydroxylation is 1. The Morgan fingerprint density at radius 2 is 1.94 bits per heavy atom. The Labute approximate surface area is 186 Å². The summed E-state index contributed by atoms with van der Waals surface area (Å²) < 4.78 is 7.85. The van der Waals surface area contributed by atoms with E-state index < -0.39 is 18.5 Å². The number of hydrogen-bond acceptors (Lipinski definition) is 7. The highest BCUT2D eigenvalue weighted by Gasteiger charge is 2.12. The topological polar surface area (TPSA) is 98.5 Å². The summed E-state index contributed by atoms with van der Waals surface area (Å²) in [6.45, 7) is 1.67. The Morgan fingerprint density at radius 1 is 1.09 bits per heavy atom. The van der Waals surface area contributed by atoms with Gasteiger partial charge in [0.15, 0.2) is 12.3 Å². The highest BCUT2D eigenvalue weighted by molar-refractivity contribution is 7.21. The van der Waals surface area contributed by atoms with Crippen LogP contribution in [-0.4, -0.2) is 38.1 Å². The van der Waals surface area contributed by atoms with Crippen LogP contribution >= 0.6 is 11.3 Å². The van der Waals surface area contributed by atoms with Crippen LogP contribution in [0.5, 0.6) is 0 Å². The molecule has 0 spiro atoms. The molecular weight excluding hydrogens is 426 g/mol. The lowest BCUT2D eigenvalue weighted by Gasteiger charge is -2.07. The first kappa shape index (κ1) is 19.8. The van der Waals surface area contributed by atoms with Gasteiger partial charge in [-0.05, 0) is 61.0 Å². The minimum Gasteiger partial charge on any atom is -0.452 e. The maximum atomic E-state index is 12.2. The Balaban J connectivity index is 1.20. The van der Waals surface area contributed by atoms with Crippen molar-refractivity contribution in [1.29, 1.82) is 0 Å². The molecule has 1 N–H and O–H groups in total. The Morgan fingerprint density at radius 3 is 2.78 bits per heavy atom. The summed E-state index contributed by atoms with van der Waals surface area (Å²) in [4.78, 5) is 29.1. The third-order valence-electron chi connectivity index (χ3n) is 4.82. The summed E-state index contributed by atoms with van der Waals surface area (Å²) in [5, 5.41) is 11.3. The number of esters is 1. The minimum atomic E-state index is -0.600. The second-order valence-electron chi connectivity index (χ2n) is 7.21. The van der Waals surface area contributed by atoms with Crippen molar-refractivity contribution < 1.29 is 14.3 Å². The van der Waals surface area contributed by atoms with Gasteiger partial charge >= 0.3 is 5.97 Å². The molecule has 0 fully saturated rings. The molecule has 5 aromatic rings. The number of nitrogens with zero attached hydrogens (tertiary/aromatic N) is 4. The third-order valence-corrected chi connectivity index (χ3v) is 5.89. The number of amides is 1. The number of anilines is 1. The molecule has 5 rings (SSSR count). The summed E-state index contributed by atoms with van der Waals surface area (Å²) in [6, 6.07) is 16.8. The number of ether oxygens (including phenoxy) is 1. The van der Waals surface area contributed by atoms with Gasteiger partial charge in [0.05, 0.1) is 15.8 Å². The molecule has 0 saturated heterocycles. The zero-order valence-corrected chi connectivity index (χ0v) is 17.8. The molecule has 1 amide bonds. The molecule has 9 heteroatoms. The fourth-order valence-corrected chi connectivity index (χ4v) is 4.28. The molecule has 0 aliphatic rings. The molecule has 0 radical (unpaired) electrons. The molecular formula is C23H17N5O3S. The first-order chi connectivity index (χ1) is 15.5. The minimum absolute atomic E-state index is 0.306. The lowest BCUT2D eigenvalue weighted by molar-refractivity contribution is -0.119. The predicted octanol–water partition coefficient (Wildman–Crippen LogP) is 4.11. The Hall–Kier alpha value is -4.11. The van der Waals surface area contributed by atoms with Crippen LogP contribution in [0.3, 0.4) is 0 Å². The first-order valence-corrected chi connectivity index (χ1v) is 10.6. The van der Waals surface area contributed by atoms with Gasteiger partial charge in [0.1, 0.15) is 11.3 Å². The van der Waals surface area contributed by atoms with Gasteiger partial charge < -0.3 is 10.1 Å². The van der Waals surface area contributed by atoms with Crippen LogP contribution < -0.4 is 5.32 Å². The van der Waals surface area contributed by atoms with Crippen molar-refractivity contribution in [2.45, 2.75) is 6.92 Å². The van der Waals surface area contributed by atoms with E-state index in [4.69, 9.17) is 4.74 Å². The lowest BCUT2D eigenvalue weighted by atomic mass is 10.2. The number of hydrogen-bond donors (Lipinski definition) is 1. The van der Waals surface area contributed by atoms with Gasteiger partial charge in [-0.25, -0.2) is 9.78 Å². The normalized spacial score (nSPS) is 11.0. The highest BCUT2D eigenvalue weighted by Crippen LogP contribution is 2.31. The number of fused-ring (bicyclic) bond motifs is 2. The molecule has 0 saturated carbocycles. The van der Waals surface area contributed by atoms with Gasteiger partial charge in [-0.1, -0.05) is 6.07 Å². The van der Waals surface area contributed by atoms with E-state index in [9.17, 15) is 9.59 Å². The van der Waals surface area contributed by atoms with Crippen molar-refractivity contribution in [3.05, 3.63) is 78.2 Å². The molecule has 0 bridgehead atoms. The SMILES string of the molecule is Cc1ccc2nc(-c3ccc(NC(=O)COC(=O)c4ccc5nncn5c4)cc3)sc2c1. The maximum Gasteiger partial charge on any atom is 0.340 e. The summed E-state index contributed by atoms with van der Waals surface area (Å²) in [5.74, 6) is -1.02. The van der Waals surface area contributed by atoms with Crippen molar-refractivity contribution in [1.82, 2.24) is 19.6 Å². The van der Waals surface area contributed by atoms with Crippen molar-refractivity contribution in [2.75, 3.05) is 11.9 Å². The molecule has 32 heavy (non-hydrogen) atoms. The fraction of sp³-hybridized carbons (Fsp3) is 0.0870. The summed E-state index contributed by atoms with van der Waals surface area (Å²) in [6.07, 6.45) is 3.04. The Bertz CT molecular complexity index is 1460. The van der Waals surface area contributed by atoms with E-state index in [1.165, 1.54) is 11.9 Å². The Kier molecular flexibility index (Phi) is 5.08. The number of rotatable bonds is 5. The largest absolute Gasteiger partial charge is 0.452 e. The van der Waals surface area contributed by atoms with Crippen LogP contribution in [0.15, 0.2) is 67.1 Å². The number of carbonyl (C=O) groups is 2. The molecule has 8 nitrogen and oxygen atoms in total. The highest BCUT2D eigenvalue weighted by atomic mass is 32.1. The van der Waals surface area contributed by atoms with Gasteiger partial charge in [-0.3, -0.25) is 9.20 Å². The fourth-order valence-electron chi connectivity index (χ4n) is 3.21. The number of aromatic nitrogens is 4. The van der Waals surface area contributed by atoms with Crippen molar-refractivity contribution in [2.24, 2.45) is 0 Å².